The number of H-pyrrole nitrogens is 1. The van der Waals surface area contributed by atoms with Gasteiger partial charge in [0.1, 0.15) is 5.82 Å². The summed E-state index contributed by atoms with van der Waals surface area (Å²) < 4.78 is 4.98. The lowest BCUT2D eigenvalue weighted by molar-refractivity contribution is 0.0526. The first kappa shape index (κ1) is 19.7. The Morgan fingerprint density at radius 1 is 1.13 bits per heavy atom. The van der Waals surface area contributed by atoms with Gasteiger partial charge < -0.3 is 19.9 Å². The van der Waals surface area contributed by atoms with Crippen molar-refractivity contribution in [1.29, 1.82) is 0 Å². The van der Waals surface area contributed by atoms with E-state index in [4.69, 9.17) is 9.72 Å². The molecule has 2 amide bonds. The van der Waals surface area contributed by atoms with Crippen LogP contribution in [-0.2, 0) is 24.2 Å². The first-order valence-electron chi connectivity index (χ1n) is 10.1. The van der Waals surface area contributed by atoms with E-state index in [1.165, 1.54) is 0 Å². The van der Waals surface area contributed by atoms with Gasteiger partial charge in [0.15, 0.2) is 0 Å². The molecule has 0 unspecified atom stereocenters. The predicted molar refractivity (Wildman–Crippen MR) is 113 cm³/mol. The lowest BCUT2D eigenvalue weighted by atomic mass is 10.1. The number of ether oxygens (including phenoxy) is 1. The highest BCUT2D eigenvalue weighted by Crippen LogP contribution is 2.22. The monoisotopic (exact) mass is 404 g/mol. The number of urea groups is 1. The Bertz CT molecular complexity index is 1030. The number of esters is 1. The zero-order chi connectivity index (χ0) is 20.9. The Kier molecular flexibility index (Phi) is 5.79. The molecule has 0 fully saturated rings. The van der Waals surface area contributed by atoms with Crippen molar-refractivity contribution in [2.75, 3.05) is 13.2 Å². The van der Waals surface area contributed by atoms with Gasteiger partial charge in [-0.2, -0.15) is 0 Å². The number of fused-ring (bicyclic) bond motifs is 1. The third kappa shape index (κ3) is 4.35. The number of imidazole rings is 1. The molecule has 2 heterocycles. The molecule has 154 valence electrons. The second kappa shape index (κ2) is 8.82. The van der Waals surface area contributed by atoms with Gasteiger partial charge >= 0.3 is 12.0 Å². The second-order valence-corrected chi connectivity index (χ2v) is 7.12. The molecule has 1 aliphatic rings. The molecule has 7 nitrogen and oxygen atoms in total. The van der Waals surface area contributed by atoms with Gasteiger partial charge in [-0.1, -0.05) is 42.5 Å². The van der Waals surface area contributed by atoms with Gasteiger partial charge in [0.05, 0.1) is 30.1 Å². The molecule has 2 N–H and O–H groups in total. The van der Waals surface area contributed by atoms with E-state index in [-0.39, 0.29) is 12.0 Å². The number of aromatic amines is 1. The highest BCUT2D eigenvalue weighted by molar-refractivity contribution is 5.89. The van der Waals surface area contributed by atoms with Crippen LogP contribution in [0.15, 0.2) is 54.6 Å². The third-order valence-corrected chi connectivity index (χ3v) is 5.08. The molecular weight excluding hydrogens is 380 g/mol. The molecule has 0 spiro atoms. The topological polar surface area (TPSA) is 87.3 Å². The van der Waals surface area contributed by atoms with E-state index in [9.17, 15) is 9.59 Å². The summed E-state index contributed by atoms with van der Waals surface area (Å²) in [5.41, 5.74) is 4.46. The number of hydrogen-bond donors (Lipinski definition) is 2. The maximum absolute atomic E-state index is 12.6. The van der Waals surface area contributed by atoms with Gasteiger partial charge in [0.2, 0.25) is 0 Å². The minimum Gasteiger partial charge on any atom is -0.462 e. The van der Waals surface area contributed by atoms with Crippen LogP contribution in [0.1, 0.15) is 34.2 Å². The molecule has 1 aliphatic heterocycles. The van der Waals surface area contributed by atoms with Crippen LogP contribution in [0.2, 0.25) is 0 Å². The fourth-order valence-corrected chi connectivity index (χ4v) is 3.46. The number of nitrogens with zero attached hydrogens (tertiary/aromatic N) is 2. The van der Waals surface area contributed by atoms with E-state index < -0.39 is 0 Å². The number of amides is 2. The van der Waals surface area contributed by atoms with Crippen molar-refractivity contribution in [2.24, 2.45) is 0 Å². The summed E-state index contributed by atoms with van der Waals surface area (Å²) in [6, 6.07) is 16.9. The van der Waals surface area contributed by atoms with Crippen molar-refractivity contribution in [2.45, 2.75) is 26.4 Å². The Morgan fingerprint density at radius 3 is 2.63 bits per heavy atom. The quantitative estimate of drug-likeness (QED) is 0.637. The molecule has 0 saturated carbocycles. The number of rotatable bonds is 5. The van der Waals surface area contributed by atoms with Crippen LogP contribution in [0.4, 0.5) is 4.79 Å². The largest absolute Gasteiger partial charge is 0.462 e. The molecule has 0 bridgehead atoms. The van der Waals surface area contributed by atoms with Gasteiger partial charge in [0.25, 0.3) is 0 Å². The van der Waals surface area contributed by atoms with E-state index in [1.54, 1.807) is 24.0 Å². The van der Waals surface area contributed by atoms with Crippen molar-refractivity contribution in [3.8, 4) is 11.4 Å². The van der Waals surface area contributed by atoms with Gasteiger partial charge in [0, 0.05) is 25.1 Å². The minimum atomic E-state index is -0.341. The summed E-state index contributed by atoms with van der Waals surface area (Å²) in [5, 5.41) is 2.95. The SMILES string of the molecule is CCOC(=O)c1ccc(CNC(=O)N2CCc3nc(-c4ccccc4)[nH]c3C2)cc1. The standard InChI is InChI=1S/C23H24N4O3/c1-2-30-22(28)18-10-8-16(9-11-18)14-24-23(29)27-13-12-19-20(15-27)26-21(25-19)17-6-4-3-5-7-17/h3-11H,2,12-15H2,1H3,(H,24,29)(H,25,26). The number of aromatic nitrogens is 2. The Balaban J connectivity index is 1.34. The number of carbonyl (C=O) groups excluding carboxylic acids is 2. The van der Waals surface area contributed by atoms with E-state index in [1.807, 2.05) is 42.5 Å². The van der Waals surface area contributed by atoms with Gasteiger partial charge in [-0.3, -0.25) is 0 Å². The zero-order valence-corrected chi connectivity index (χ0v) is 16.9. The molecular formula is C23H24N4O3. The van der Waals surface area contributed by atoms with Gasteiger partial charge in [-0.15, -0.1) is 0 Å². The maximum atomic E-state index is 12.6. The van der Waals surface area contributed by atoms with Crippen molar-refractivity contribution in [3.63, 3.8) is 0 Å². The van der Waals surface area contributed by atoms with Crippen molar-refractivity contribution in [1.82, 2.24) is 20.2 Å². The summed E-state index contributed by atoms with van der Waals surface area (Å²) in [7, 11) is 0. The van der Waals surface area contributed by atoms with Crippen LogP contribution in [0.5, 0.6) is 0 Å². The number of carbonyl (C=O) groups is 2. The number of nitrogens with one attached hydrogen (secondary N) is 2. The van der Waals surface area contributed by atoms with Crippen molar-refractivity contribution >= 4 is 12.0 Å². The first-order chi connectivity index (χ1) is 14.6. The summed E-state index contributed by atoms with van der Waals surface area (Å²) in [5.74, 6) is 0.496. The minimum absolute atomic E-state index is 0.119. The fraction of sp³-hybridized carbons (Fsp3) is 0.261. The van der Waals surface area contributed by atoms with Crippen LogP contribution in [0.3, 0.4) is 0 Å². The smallest absolute Gasteiger partial charge is 0.338 e. The molecule has 0 saturated heterocycles. The fourth-order valence-electron chi connectivity index (χ4n) is 3.46. The molecule has 2 aromatic carbocycles. The summed E-state index contributed by atoms with van der Waals surface area (Å²) in [4.78, 5) is 34.2. The normalized spacial score (nSPS) is 12.9. The third-order valence-electron chi connectivity index (χ3n) is 5.08. The molecule has 0 atom stereocenters. The Hall–Kier alpha value is -3.61. The molecule has 4 rings (SSSR count). The summed E-state index contributed by atoms with van der Waals surface area (Å²) in [6.45, 7) is 3.64. The van der Waals surface area contributed by atoms with Crippen molar-refractivity contribution < 1.29 is 14.3 Å². The first-order valence-corrected chi connectivity index (χ1v) is 10.1. The second-order valence-electron chi connectivity index (χ2n) is 7.12. The van der Waals surface area contributed by atoms with Crippen LogP contribution in [0.25, 0.3) is 11.4 Å². The Morgan fingerprint density at radius 2 is 1.90 bits per heavy atom. The zero-order valence-electron chi connectivity index (χ0n) is 16.9. The van der Waals surface area contributed by atoms with Crippen LogP contribution in [-0.4, -0.2) is 40.0 Å². The Labute approximate surface area is 175 Å². The average Bonchev–Trinajstić information content (AvgIpc) is 3.22. The summed E-state index contributed by atoms with van der Waals surface area (Å²) >= 11 is 0. The van der Waals surface area contributed by atoms with E-state index in [0.29, 0.717) is 31.8 Å². The maximum Gasteiger partial charge on any atom is 0.338 e. The molecule has 0 aliphatic carbocycles. The number of benzene rings is 2. The van der Waals surface area contributed by atoms with E-state index in [2.05, 4.69) is 10.3 Å². The lowest BCUT2D eigenvalue weighted by Gasteiger charge is -2.26. The van der Waals surface area contributed by atoms with Crippen LogP contribution < -0.4 is 5.32 Å². The molecule has 3 aromatic rings. The molecule has 1 aromatic heterocycles. The molecule has 7 heteroatoms. The van der Waals surface area contributed by atoms with Gasteiger partial charge in [-0.05, 0) is 24.6 Å². The highest BCUT2D eigenvalue weighted by atomic mass is 16.5. The van der Waals surface area contributed by atoms with Crippen LogP contribution in [0, 0.1) is 0 Å². The van der Waals surface area contributed by atoms with Crippen molar-refractivity contribution in [3.05, 3.63) is 77.1 Å². The molecule has 0 radical (unpaired) electrons. The van der Waals surface area contributed by atoms with E-state index >= 15 is 0 Å². The van der Waals surface area contributed by atoms with Crippen LogP contribution >= 0.6 is 0 Å². The summed E-state index contributed by atoms with van der Waals surface area (Å²) in [6.07, 6.45) is 0.723. The predicted octanol–water partition coefficient (Wildman–Crippen LogP) is 3.52. The number of hydrogen-bond acceptors (Lipinski definition) is 4. The highest BCUT2D eigenvalue weighted by Gasteiger charge is 2.24. The molecule has 30 heavy (non-hydrogen) atoms. The lowest BCUT2D eigenvalue weighted by Crippen LogP contribution is -2.42. The average molecular weight is 404 g/mol. The van der Waals surface area contributed by atoms with E-state index in [0.717, 1.165) is 34.8 Å². The van der Waals surface area contributed by atoms with Gasteiger partial charge in [-0.25, -0.2) is 14.6 Å².